The zero-order valence-electron chi connectivity index (χ0n) is 21.6. The fourth-order valence-electron chi connectivity index (χ4n) is 3.80. The Hall–Kier alpha value is -1.15. The monoisotopic (exact) mass is 506 g/mol. The molecule has 2 aromatic rings. The minimum Gasteiger partial charge on any atom is -0.408 e. The lowest BCUT2D eigenvalue weighted by Gasteiger charge is -2.43. The largest absolute Gasteiger partial charge is 0.408 e. The second-order valence-corrected chi connectivity index (χ2v) is 18.7. The first kappa shape index (κ1) is 28.1. The minimum absolute atomic E-state index is 0.799. The molecule has 2 rings (SSSR count). The van der Waals surface area contributed by atoms with Crippen LogP contribution < -0.4 is 10.4 Å². The van der Waals surface area contributed by atoms with Gasteiger partial charge in [-0.05, 0) is 36.6 Å². The molecule has 0 N–H and O–H groups in total. The Morgan fingerprint density at radius 1 is 0.545 bits per heavy atom. The van der Waals surface area contributed by atoms with Gasteiger partial charge < -0.3 is 17.3 Å². The van der Waals surface area contributed by atoms with E-state index in [-0.39, 0.29) is 0 Å². The van der Waals surface area contributed by atoms with Crippen molar-refractivity contribution in [1.82, 2.24) is 10.1 Å². The molecular formula is C24H42N2O4Si3. The van der Waals surface area contributed by atoms with Crippen LogP contribution in [0.25, 0.3) is 0 Å². The lowest BCUT2D eigenvalue weighted by atomic mass is 10.4. The SMILES string of the molecule is CCN(CC)O[Si](C)(C)O[Si](O[Si](C)(C)ON(CC)CC)(c1ccccc1)c1ccccc1. The minimum atomic E-state index is -3.18. The van der Waals surface area contributed by atoms with Crippen LogP contribution in [0, 0.1) is 0 Å². The molecule has 0 saturated heterocycles. The van der Waals surface area contributed by atoms with Crippen molar-refractivity contribution in [3.63, 3.8) is 0 Å². The Morgan fingerprint density at radius 3 is 1.12 bits per heavy atom. The third kappa shape index (κ3) is 7.95. The third-order valence-corrected chi connectivity index (χ3v) is 15.0. The highest BCUT2D eigenvalue weighted by molar-refractivity contribution is 7.01. The Bertz CT molecular complexity index is 747. The molecule has 0 amide bonds. The summed E-state index contributed by atoms with van der Waals surface area (Å²) in [5.74, 6) is 0. The van der Waals surface area contributed by atoms with Gasteiger partial charge in [-0.1, -0.05) is 88.4 Å². The summed E-state index contributed by atoms with van der Waals surface area (Å²) >= 11 is 0. The molecule has 0 radical (unpaired) electrons. The van der Waals surface area contributed by atoms with Crippen molar-refractivity contribution < 1.29 is 17.3 Å². The molecule has 9 heteroatoms. The topological polar surface area (TPSA) is 43.4 Å². The van der Waals surface area contributed by atoms with E-state index in [2.05, 4.69) is 78.1 Å². The molecule has 0 unspecified atom stereocenters. The molecule has 0 aromatic heterocycles. The Balaban J connectivity index is 2.61. The highest BCUT2D eigenvalue weighted by atomic mass is 28.5. The molecule has 0 fully saturated rings. The number of hydrogen-bond donors (Lipinski definition) is 0. The van der Waals surface area contributed by atoms with Crippen molar-refractivity contribution in [3.8, 4) is 0 Å². The van der Waals surface area contributed by atoms with Gasteiger partial charge in [0.15, 0.2) is 0 Å². The first-order valence-corrected chi connectivity index (χ1v) is 19.5. The third-order valence-electron chi connectivity index (χ3n) is 5.20. The predicted octanol–water partition coefficient (Wildman–Crippen LogP) is 4.23. The molecule has 0 spiro atoms. The van der Waals surface area contributed by atoms with Crippen molar-refractivity contribution >= 4 is 36.1 Å². The van der Waals surface area contributed by atoms with Crippen LogP contribution in [-0.2, 0) is 17.3 Å². The standard InChI is InChI=1S/C24H42N2O4Si3/c1-9-25(10-2)27-31(5,6)29-33(23-19-15-13-16-20-23,24-21-17-14-18-22-24)30-32(7,8)28-26(11-3)12-4/h13-22H,9-12H2,1-8H3. The molecule has 0 aliphatic carbocycles. The van der Waals surface area contributed by atoms with E-state index in [1.165, 1.54) is 0 Å². The van der Waals surface area contributed by atoms with Crippen LogP contribution in [0.1, 0.15) is 27.7 Å². The van der Waals surface area contributed by atoms with Crippen LogP contribution >= 0.6 is 0 Å². The van der Waals surface area contributed by atoms with E-state index in [9.17, 15) is 0 Å². The second-order valence-electron chi connectivity index (χ2n) is 8.76. The van der Waals surface area contributed by atoms with E-state index in [0.717, 1.165) is 36.6 Å². The van der Waals surface area contributed by atoms with Crippen LogP contribution in [0.4, 0.5) is 0 Å². The molecule has 2 aromatic carbocycles. The number of nitrogens with zero attached hydrogens (tertiary/aromatic N) is 2. The van der Waals surface area contributed by atoms with Gasteiger partial charge in [0, 0.05) is 26.2 Å². The smallest absolute Gasteiger partial charge is 0.389 e. The van der Waals surface area contributed by atoms with Crippen molar-refractivity contribution in [2.45, 2.75) is 53.9 Å². The summed E-state index contributed by atoms with van der Waals surface area (Å²) in [7, 11) is -8.48. The van der Waals surface area contributed by atoms with Crippen molar-refractivity contribution in [2.24, 2.45) is 0 Å². The van der Waals surface area contributed by atoms with E-state index in [1.807, 2.05) is 46.5 Å². The highest BCUT2D eigenvalue weighted by Gasteiger charge is 2.53. The van der Waals surface area contributed by atoms with Gasteiger partial charge in [-0.2, -0.15) is 10.1 Å². The van der Waals surface area contributed by atoms with Crippen LogP contribution in [-0.4, -0.2) is 62.0 Å². The Morgan fingerprint density at radius 2 is 0.848 bits per heavy atom. The maximum Gasteiger partial charge on any atom is 0.389 e. The van der Waals surface area contributed by atoms with Gasteiger partial charge in [0.25, 0.3) is 0 Å². The average Bonchev–Trinajstić information content (AvgIpc) is 2.81. The van der Waals surface area contributed by atoms with Gasteiger partial charge in [-0.25, -0.2) is 0 Å². The quantitative estimate of drug-likeness (QED) is 0.282. The summed E-state index contributed by atoms with van der Waals surface area (Å²) in [6.45, 7) is 20.0. The molecule has 0 heterocycles. The first-order valence-electron chi connectivity index (χ1n) is 12.0. The lowest BCUT2D eigenvalue weighted by molar-refractivity contribution is -0.0801. The van der Waals surface area contributed by atoms with E-state index in [0.29, 0.717) is 0 Å². The molecule has 0 saturated carbocycles. The molecule has 0 aliphatic heterocycles. The maximum absolute atomic E-state index is 7.14. The van der Waals surface area contributed by atoms with E-state index >= 15 is 0 Å². The van der Waals surface area contributed by atoms with Gasteiger partial charge in [0.1, 0.15) is 0 Å². The van der Waals surface area contributed by atoms with Crippen LogP contribution in [0.2, 0.25) is 26.2 Å². The summed E-state index contributed by atoms with van der Waals surface area (Å²) in [5.41, 5.74) is 0. The number of hydroxylamine groups is 4. The van der Waals surface area contributed by atoms with Gasteiger partial charge in [0.05, 0.1) is 0 Å². The van der Waals surface area contributed by atoms with Gasteiger partial charge in [-0.3, -0.25) is 0 Å². The fraction of sp³-hybridized carbons (Fsp3) is 0.500. The molecule has 184 valence electrons. The van der Waals surface area contributed by atoms with Crippen LogP contribution in [0.3, 0.4) is 0 Å². The molecule has 0 bridgehead atoms. The first-order chi connectivity index (χ1) is 15.6. The van der Waals surface area contributed by atoms with Crippen molar-refractivity contribution in [3.05, 3.63) is 60.7 Å². The van der Waals surface area contributed by atoms with Crippen molar-refractivity contribution in [1.29, 1.82) is 0 Å². The molecular weight excluding hydrogens is 465 g/mol. The summed E-state index contributed by atoms with van der Waals surface area (Å²) in [6, 6.07) is 20.7. The van der Waals surface area contributed by atoms with Crippen molar-refractivity contribution in [2.75, 3.05) is 26.2 Å². The number of rotatable bonds is 14. The summed E-state index contributed by atoms with van der Waals surface area (Å²) < 4.78 is 27.2. The summed E-state index contributed by atoms with van der Waals surface area (Å²) in [5, 5.41) is 6.06. The average molecular weight is 507 g/mol. The highest BCUT2D eigenvalue weighted by Crippen LogP contribution is 2.24. The zero-order valence-corrected chi connectivity index (χ0v) is 24.6. The van der Waals surface area contributed by atoms with Gasteiger partial charge >= 0.3 is 25.7 Å². The van der Waals surface area contributed by atoms with Gasteiger partial charge in [-0.15, -0.1) is 0 Å². The fourth-order valence-corrected chi connectivity index (χ4v) is 15.4. The molecule has 0 atom stereocenters. The van der Waals surface area contributed by atoms with Crippen LogP contribution in [0.15, 0.2) is 60.7 Å². The lowest BCUT2D eigenvalue weighted by Crippen LogP contribution is -2.71. The number of benzene rings is 2. The normalized spacial score (nSPS) is 13.2. The summed E-state index contributed by atoms with van der Waals surface area (Å²) in [4.78, 5) is 0. The van der Waals surface area contributed by atoms with Crippen LogP contribution in [0.5, 0.6) is 0 Å². The number of hydrogen-bond acceptors (Lipinski definition) is 6. The molecule has 6 nitrogen and oxygen atoms in total. The van der Waals surface area contributed by atoms with E-state index in [1.54, 1.807) is 0 Å². The van der Waals surface area contributed by atoms with E-state index < -0.39 is 25.7 Å². The van der Waals surface area contributed by atoms with Gasteiger partial charge in [0.2, 0.25) is 0 Å². The predicted molar refractivity (Wildman–Crippen MR) is 143 cm³/mol. The zero-order chi connectivity index (χ0) is 24.5. The maximum atomic E-state index is 7.14. The second kappa shape index (κ2) is 12.5. The molecule has 33 heavy (non-hydrogen) atoms. The molecule has 0 aliphatic rings. The Kier molecular flexibility index (Phi) is 10.7. The Labute approximate surface area is 204 Å². The summed E-state index contributed by atoms with van der Waals surface area (Å²) in [6.07, 6.45) is 0. The van der Waals surface area contributed by atoms with E-state index in [4.69, 9.17) is 17.3 Å².